The van der Waals surface area contributed by atoms with E-state index in [0.717, 1.165) is 25.2 Å². The molecule has 0 aliphatic carbocycles. The van der Waals surface area contributed by atoms with Crippen molar-refractivity contribution in [3.05, 3.63) is 18.6 Å². The molecule has 0 aliphatic heterocycles. The van der Waals surface area contributed by atoms with Crippen LogP contribution in [0.3, 0.4) is 0 Å². The van der Waals surface area contributed by atoms with Crippen LogP contribution in [0, 0.1) is 6.92 Å². The standard InChI is InChI=1S/C9H18N.Li/c1-5-10(6-2)8-7-9(3)4;/h7H,3,5-6,8H2,1-2,4H3;/q-1;+1/b9-7-;. The van der Waals surface area contributed by atoms with Crippen LogP contribution in [0.5, 0.6) is 0 Å². The SMILES string of the molecule is [CH2-]/C(C)=C/CN(CC)CC.[Li+]. The van der Waals surface area contributed by atoms with Crippen LogP contribution in [0.1, 0.15) is 20.8 Å². The Kier molecular flexibility index (Phi) is 10.3. The molecule has 0 aliphatic rings. The first-order valence-electron chi connectivity index (χ1n) is 3.91. The van der Waals surface area contributed by atoms with Gasteiger partial charge in [-0.05, 0) is 19.6 Å². The molecule has 60 valence electrons. The molecule has 0 atom stereocenters. The summed E-state index contributed by atoms with van der Waals surface area (Å²) in [7, 11) is 0. The summed E-state index contributed by atoms with van der Waals surface area (Å²) in [6.07, 6.45) is 2.16. The van der Waals surface area contributed by atoms with Gasteiger partial charge in [-0.25, -0.2) is 18.6 Å². The van der Waals surface area contributed by atoms with Crippen molar-refractivity contribution in [2.45, 2.75) is 20.8 Å². The van der Waals surface area contributed by atoms with Gasteiger partial charge in [0.25, 0.3) is 0 Å². The number of hydrogen-bond donors (Lipinski definition) is 0. The summed E-state index contributed by atoms with van der Waals surface area (Å²) >= 11 is 0. The Morgan fingerprint density at radius 1 is 1.36 bits per heavy atom. The van der Waals surface area contributed by atoms with Crippen LogP contribution in [0.15, 0.2) is 11.6 Å². The summed E-state index contributed by atoms with van der Waals surface area (Å²) in [6.45, 7) is 13.5. The predicted molar refractivity (Wildman–Crippen MR) is 46.9 cm³/mol. The molecular formula is C9H18LiN. The molecule has 0 aromatic heterocycles. The molecule has 0 unspecified atom stereocenters. The molecule has 0 aromatic carbocycles. The Bertz CT molecular complexity index is 102. The fourth-order valence-corrected chi connectivity index (χ4v) is 0.767. The van der Waals surface area contributed by atoms with Crippen molar-refractivity contribution in [2.24, 2.45) is 0 Å². The second-order valence-electron chi connectivity index (χ2n) is 2.54. The van der Waals surface area contributed by atoms with Crippen molar-refractivity contribution in [3.8, 4) is 0 Å². The minimum Gasteiger partial charge on any atom is -0.317 e. The zero-order valence-electron chi connectivity index (χ0n) is 8.35. The van der Waals surface area contributed by atoms with Gasteiger partial charge in [0.05, 0.1) is 0 Å². The molecule has 11 heavy (non-hydrogen) atoms. The summed E-state index contributed by atoms with van der Waals surface area (Å²) in [4.78, 5) is 2.36. The minimum atomic E-state index is 0. The third kappa shape index (κ3) is 8.07. The van der Waals surface area contributed by atoms with Crippen molar-refractivity contribution < 1.29 is 18.9 Å². The molecule has 0 N–H and O–H groups in total. The van der Waals surface area contributed by atoms with Gasteiger partial charge in [0.15, 0.2) is 0 Å². The Balaban J connectivity index is 0. The molecule has 2 heteroatoms. The molecule has 0 rings (SSSR count). The van der Waals surface area contributed by atoms with E-state index in [2.05, 4.69) is 31.7 Å². The number of allylic oxidation sites excluding steroid dienone is 1. The van der Waals surface area contributed by atoms with Gasteiger partial charge in [0, 0.05) is 0 Å². The predicted octanol–water partition coefficient (Wildman–Crippen LogP) is -0.887. The first kappa shape index (κ1) is 13.7. The van der Waals surface area contributed by atoms with Crippen LogP contribution in [-0.4, -0.2) is 24.5 Å². The first-order valence-corrected chi connectivity index (χ1v) is 3.91. The molecule has 0 heterocycles. The average Bonchev–Trinajstić information content (AvgIpc) is 1.90. The Morgan fingerprint density at radius 2 is 1.82 bits per heavy atom. The minimum absolute atomic E-state index is 0. The van der Waals surface area contributed by atoms with E-state index < -0.39 is 0 Å². The maximum absolute atomic E-state index is 3.81. The smallest absolute Gasteiger partial charge is 0.317 e. The average molecular weight is 147 g/mol. The van der Waals surface area contributed by atoms with E-state index in [1.165, 1.54) is 0 Å². The van der Waals surface area contributed by atoms with Crippen molar-refractivity contribution in [2.75, 3.05) is 19.6 Å². The van der Waals surface area contributed by atoms with Gasteiger partial charge >= 0.3 is 18.9 Å². The summed E-state index contributed by atoms with van der Waals surface area (Å²) in [5, 5.41) is 0. The van der Waals surface area contributed by atoms with Crippen molar-refractivity contribution >= 4 is 0 Å². The van der Waals surface area contributed by atoms with E-state index in [4.69, 9.17) is 0 Å². The molecule has 0 bridgehead atoms. The van der Waals surface area contributed by atoms with Crippen molar-refractivity contribution in [1.29, 1.82) is 0 Å². The molecule has 0 fully saturated rings. The Labute approximate surface area is 83.0 Å². The number of likely N-dealkylation sites (N-methyl/N-ethyl adjacent to an activating group) is 1. The maximum atomic E-state index is 3.81. The third-order valence-electron chi connectivity index (χ3n) is 1.59. The molecule has 0 spiro atoms. The second kappa shape index (κ2) is 8.27. The van der Waals surface area contributed by atoms with E-state index in [1.54, 1.807) is 0 Å². The zero-order chi connectivity index (χ0) is 7.98. The number of hydrogen-bond acceptors (Lipinski definition) is 1. The van der Waals surface area contributed by atoms with E-state index in [9.17, 15) is 0 Å². The van der Waals surface area contributed by atoms with Gasteiger partial charge in [-0.3, -0.25) is 0 Å². The summed E-state index contributed by atoms with van der Waals surface area (Å²) in [5.41, 5.74) is 1.16. The molecule has 1 nitrogen and oxygen atoms in total. The van der Waals surface area contributed by atoms with Gasteiger partial charge < -0.3 is 4.90 Å². The summed E-state index contributed by atoms with van der Waals surface area (Å²) in [6, 6.07) is 0. The number of rotatable bonds is 4. The van der Waals surface area contributed by atoms with E-state index in [-0.39, 0.29) is 18.9 Å². The first-order chi connectivity index (χ1) is 4.70. The zero-order valence-corrected chi connectivity index (χ0v) is 8.35. The molecule has 0 saturated heterocycles. The quantitative estimate of drug-likeness (QED) is 0.368. The monoisotopic (exact) mass is 147 g/mol. The normalized spacial score (nSPS) is 11.5. The largest absolute Gasteiger partial charge is 1.00 e. The maximum Gasteiger partial charge on any atom is 1.00 e. The molecule has 0 amide bonds. The topological polar surface area (TPSA) is 3.24 Å². The molecule has 0 radical (unpaired) electrons. The molecule has 0 aromatic rings. The van der Waals surface area contributed by atoms with Gasteiger partial charge in [-0.2, -0.15) is 0 Å². The van der Waals surface area contributed by atoms with E-state index in [0.29, 0.717) is 0 Å². The Hall–Kier alpha value is 0.167. The van der Waals surface area contributed by atoms with Crippen LogP contribution in [0.2, 0.25) is 0 Å². The van der Waals surface area contributed by atoms with Gasteiger partial charge in [0.2, 0.25) is 0 Å². The molecule has 0 saturated carbocycles. The van der Waals surface area contributed by atoms with Crippen LogP contribution in [0.4, 0.5) is 0 Å². The van der Waals surface area contributed by atoms with Crippen LogP contribution in [0.25, 0.3) is 0 Å². The van der Waals surface area contributed by atoms with Crippen LogP contribution < -0.4 is 18.9 Å². The van der Waals surface area contributed by atoms with Gasteiger partial charge in [0.1, 0.15) is 0 Å². The third-order valence-corrected chi connectivity index (χ3v) is 1.59. The fraction of sp³-hybridized carbons (Fsp3) is 0.667. The van der Waals surface area contributed by atoms with E-state index in [1.807, 2.05) is 6.92 Å². The van der Waals surface area contributed by atoms with Crippen LogP contribution in [-0.2, 0) is 0 Å². The van der Waals surface area contributed by atoms with Crippen molar-refractivity contribution in [1.82, 2.24) is 4.90 Å². The number of nitrogens with zero attached hydrogens (tertiary/aromatic N) is 1. The fourth-order valence-electron chi connectivity index (χ4n) is 0.767. The van der Waals surface area contributed by atoms with Gasteiger partial charge in [-0.15, -0.1) is 0 Å². The van der Waals surface area contributed by atoms with Crippen molar-refractivity contribution in [3.63, 3.8) is 0 Å². The summed E-state index contributed by atoms with van der Waals surface area (Å²) in [5.74, 6) is 0. The Morgan fingerprint density at radius 3 is 2.09 bits per heavy atom. The van der Waals surface area contributed by atoms with Crippen LogP contribution >= 0.6 is 0 Å². The molecular weight excluding hydrogens is 129 g/mol. The summed E-state index contributed by atoms with van der Waals surface area (Å²) < 4.78 is 0. The van der Waals surface area contributed by atoms with E-state index >= 15 is 0 Å². The second-order valence-corrected chi connectivity index (χ2v) is 2.54. The van der Waals surface area contributed by atoms with Gasteiger partial charge in [-0.1, -0.05) is 20.8 Å².